The number of nitrogen functional groups attached to an aromatic ring is 1. The van der Waals surface area contributed by atoms with Gasteiger partial charge in [-0.05, 0) is 38.5 Å². The molecule has 0 aliphatic rings. The van der Waals surface area contributed by atoms with Crippen LogP contribution in [0.2, 0.25) is 5.02 Å². The van der Waals surface area contributed by atoms with Gasteiger partial charge in [0, 0.05) is 18.3 Å². The van der Waals surface area contributed by atoms with Crippen LogP contribution in [-0.2, 0) is 0 Å². The highest BCUT2D eigenvalue weighted by Gasteiger charge is 2.20. The van der Waals surface area contributed by atoms with Crippen LogP contribution in [0.1, 0.15) is 37.6 Å². The number of halogens is 1. The van der Waals surface area contributed by atoms with Gasteiger partial charge in [-0.1, -0.05) is 18.5 Å². The predicted molar refractivity (Wildman–Crippen MR) is 72.3 cm³/mol. The van der Waals surface area contributed by atoms with Crippen molar-refractivity contribution in [3.63, 3.8) is 0 Å². The van der Waals surface area contributed by atoms with Crippen LogP contribution in [0.5, 0.6) is 0 Å². The maximum atomic E-state index is 12.3. The lowest BCUT2D eigenvalue weighted by atomic mass is 10.1. The Labute approximate surface area is 108 Å². The molecule has 1 aromatic rings. The predicted octanol–water partition coefficient (Wildman–Crippen LogP) is 3.18. The third-order valence-electron chi connectivity index (χ3n) is 2.57. The summed E-state index contributed by atoms with van der Waals surface area (Å²) in [6.45, 7) is 6.76. The van der Waals surface area contributed by atoms with Gasteiger partial charge in [0.2, 0.25) is 0 Å². The van der Waals surface area contributed by atoms with Crippen molar-refractivity contribution in [3.8, 4) is 0 Å². The highest BCUT2D eigenvalue weighted by atomic mass is 35.5. The van der Waals surface area contributed by atoms with Gasteiger partial charge in [0.05, 0.1) is 10.6 Å². The summed E-state index contributed by atoms with van der Waals surface area (Å²) in [5, 5.41) is 0.450. The number of hydrogen-bond donors (Lipinski definition) is 1. The van der Waals surface area contributed by atoms with E-state index in [1.165, 1.54) is 0 Å². The molecule has 0 aliphatic heterocycles. The SMILES string of the molecule is CCCN(C(=O)c1cc(N)ccc1Cl)C(C)C. The van der Waals surface area contributed by atoms with Gasteiger partial charge in [0.1, 0.15) is 0 Å². The molecule has 0 fully saturated rings. The van der Waals surface area contributed by atoms with Crippen LogP contribution in [0.3, 0.4) is 0 Å². The van der Waals surface area contributed by atoms with Crippen molar-refractivity contribution in [2.75, 3.05) is 12.3 Å². The Balaban J connectivity index is 3.04. The third-order valence-corrected chi connectivity index (χ3v) is 2.90. The standard InChI is InChI=1S/C13H19ClN2O/c1-4-7-16(9(2)3)13(17)11-8-10(15)5-6-12(11)14/h5-6,8-9H,4,7,15H2,1-3H3. The van der Waals surface area contributed by atoms with Crippen molar-refractivity contribution >= 4 is 23.2 Å². The summed E-state index contributed by atoms with van der Waals surface area (Å²) in [5.74, 6) is -0.0563. The molecule has 0 aromatic heterocycles. The zero-order valence-corrected chi connectivity index (χ0v) is 11.3. The van der Waals surface area contributed by atoms with E-state index in [9.17, 15) is 4.79 Å². The second-order valence-electron chi connectivity index (χ2n) is 4.33. The first-order chi connectivity index (χ1) is 7.97. The molecule has 1 aromatic carbocycles. The van der Waals surface area contributed by atoms with Crippen molar-refractivity contribution in [1.29, 1.82) is 0 Å². The molecule has 0 unspecified atom stereocenters. The van der Waals surface area contributed by atoms with Crippen molar-refractivity contribution in [2.24, 2.45) is 0 Å². The van der Waals surface area contributed by atoms with Crippen LogP contribution in [0.4, 0.5) is 5.69 Å². The fourth-order valence-electron chi connectivity index (χ4n) is 1.70. The van der Waals surface area contributed by atoms with E-state index in [2.05, 4.69) is 0 Å². The fourth-order valence-corrected chi connectivity index (χ4v) is 1.90. The smallest absolute Gasteiger partial charge is 0.255 e. The minimum Gasteiger partial charge on any atom is -0.399 e. The minimum absolute atomic E-state index is 0.0563. The maximum Gasteiger partial charge on any atom is 0.255 e. The van der Waals surface area contributed by atoms with Crippen molar-refractivity contribution < 1.29 is 4.79 Å². The number of carbonyl (C=O) groups is 1. The highest BCUT2D eigenvalue weighted by molar-refractivity contribution is 6.34. The summed E-state index contributed by atoms with van der Waals surface area (Å²) in [6.07, 6.45) is 0.920. The zero-order chi connectivity index (χ0) is 13.0. The molecule has 0 radical (unpaired) electrons. The first kappa shape index (κ1) is 13.8. The number of nitrogens with zero attached hydrogens (tertiary/aromatic N) is 1. The largest absolute Gasteiger partial charge is 0.399 e. The number of amides is 1. The van der Waals surface area contributed by atoms with E-state index in [0.717, 1.165) is 13.0 Å². The Morgan fingerprint density at radius 2 is 2.12 bits per heavy atom. The molecule has 3 nitrogen and oxygen atoms in total. The van der Waals surface area contributed by atoms with Gasteiger partial charge in [-0.25, -0.2) is 0 Å². The third kappa shape index (κ3) is 3.37. The van der Waals surface area contributed by atoms with Gasteiger partial charge in [-0.2, -0.15) is 0 Å². The Kier molecular flexibility index (Phi) is 4.82. The van der Waals surface area contributed by atoms with Gasteiger partial charge >= 0.3 is 0 Å². The van der Waals surface area contributed by atoms with Gasteiger partial charge in [-0.15, -0.1) is 0 Å². The van der Waals surface area contributed by atoms with E-state index < -0.39 is 0 Å². The molecule has 1 amide bonds. The maximum absolute atomic E-state index is 12.3. The molecule has 1 rings (SSSR count). The number of carbonyl (C=O) groups excluding carboxylic acids is 1. The lowest BCUT2D eigenvalue weighted by molar-refractivity contribution is 0.0706. The monoisotopic (exact) mass is 254 g/mol. The fraction of sp³-hybridized carbons (Fsp3) is 0.462. The molecule has 4 heteroatoms. The Morgan fingerprint density at radius 3 is 2.65 bits per heavy atom. The summed E-state index contributed by atoms with van der Waals surface area (Å²) in [4.78, 5) is 14.1. The molecule has 0 heterocycles. The Morgan fingerprint density at radius 1 is 1.47 bits per heavy atom. The number of nitrogens with two attached hydrogens (primary N) is 1. The quantitative estimate of drug-likeness (QED) is 0.839. The lowest BCUT2D eigenvalue weighted by Crippen LogP contribution is -2.37. The summed E-state index contributed by atoms with van der Waals surface area (Å²) in [5.41, 5.74) is 6.72. The molecule has 0 aliphatic carbocycles. The average Bonchev–Trinajstić information content (AvgIpc) is 2.28. The first-order valence-corrected chi connectivity index (χ1v) is 6.21. The second-order valence-corrected chi connectivity index (χ2v) is 4.74. The molecule has 0 bridgehead atoms. The molecular weight excluding hydrogens is 236 g/mol. The molecule has 94 valence electrons. The van der Waals surface area contributed by atoms with Gasteiger partial charge < -0.3 is 10.6 Å². The number of rotatable bonds is 4. The summed E-state index contributed by atoms with van der Waals surface area (Å²) in [6, 6.07) is 5.14. The molecule has 0 spiro atoms. The molecule has 17 heavy (non-hydrogen) atoms. The van der Waals surface area contributed by atoms with Crippen LogP contribution >= 0.6 is 11.6 Å². The molecule has 0 saturated heterocycles. The Bertz CT molecular complexity index is 404. The first-order valence-electron chi connectivity index (χ1n) is 5.83. The Hall–Kier alpha value is -1.22. The van der Waals surface area contributed by atoms with E-state index in [1.807, 2.05) is 20.8 Å². The second kappa shape index (κ2) is 5.92. The summed E-state index contributed by atoms with van der Waals surface area (Å²) >= 11 is 6.04. The topological polar surface area (TPSA) is 46.3 Å². The van der Waals surface area contributed by atoms with Crippen LogP contribution in [0.15, 0.2) is 18.2 Å². The highest BCUT2D eigenvalue weighted by Crippen LogP contribution is 2.21. The van der Waals surface area contributed by atoms with E-state index in [4.69, 9.17) is 17.3 Å². The van der Waals surface area contributed by atoms with Crippen molar-refractivity contribution in [1.82, 2.24) is 4.90 Å². The molecule has 2 N–H and O–H groups in total. The van der Waals surface area contributed by atoms with Gasteiger partial charge in [-0.3, -0.25) is 4.79 Å². The molecule has 0 saturated carbocycles. The van der Waals surface area contributed by atoms with E-state index in [1.54, 1.807) is 23.1 Å². The summed E-state index contributed by atoms with van der Waals surface area (Å²) in [7, 11) is 0. The van der Waals surface area contributed by atoms with Crippen LogP contribution < -0.4 is 5.73 Å². The van der Waals surface area contributed by atoms with E-state index >= 15 is 0 Å². The van der Waals surface area contributed by atoms with Gasteiger partial charge in [0.25, 0.3) is 5.91 Å². The van der Waals surface area contributed by atoms with E-state index in [0.29, 0.717) is 16.3 Å². The van der Waals surface area contributed by atoms with E-state index in [-0.39, 0.29) is 11.9 Å². The van der Waals surface area contributed by atoms with Crippen LogP contribution in [-0.4, -0.2) is 23.4 Å². The molecule has 0 atom stereocenters. The van der Waals surface area contributed by atoms with Crippen molar-refractivity contribution in [3.05, 3.63) is 28.8 Å². The van der Waals surface area contributed by atoms with Gasteiger partial charge in [0.15, 0.2) is 0 Å². The average molecular weight is 255 g/mol. The number of benzene rings is 1. The van der Waals surface area contributed by atoms with Crippen LogP contribution in [0.25, 0.3) is 0 Å². The number of anilines is 1. The normalized spacial score (nSPS) is 10.6. The lowest BCUT2D eigenvalue weighted by Gasteiger charge is -2.26. The van der Waals surface area contributed by atoms with Crippen LogP contribution in [0, 0.1) is 0 Å². The zero-order valence-electron chi connectivity index (χ0n) is 10.5. The molecular formula is C13H19ClN2O. The van der Waals surface area contributed by atoms with Crippen molar-refractivity contribution in [2.45, 2.75) is 33.2 Å². The summed E-state index contributed by atoms with van der Waals surface area (Å²) < 4.78 is 0. The number of hydrogen-bond acceptors (Lipinski definition) is 2. The minimum atomic E-state index is -0.0563.